The molecular formula is C15H18N4. The average Bonchev–Trinajstić information content (AvgIpc) is 2.49. The van der Waals surface area contributed by atoms with Crippen molar-refractivity contribution < 1.29 is 0 Å². The maximum Gasteiger partial charge on any atom is 0.156 e. The first-order valence-corrected chi connectivity index (χ1v) is 6.76. The van der Waals surface area contributed by atoms with Crippen LogP contribution < -0.4 is 10.6 Å². The van der Waals surface area contributed by atoms with Crippen LogP contribution in [-0.4, -0.2) is 29.8 Å². The maximum atomic E-state index is 4.20. The smallest absolute Gasteiger partial charge is 0.156 e. The van der Waals surface area contributed by atoms with E-state index in [9.17, 15) is 0 Å². The van der Waals surface area contributed by atoms with Crippen molar-refractivity contribution in [1.82, 2.24) is 15.5 Å². The summed E-state index contributed by atoms with van der Waals surface area (Å²) in [7, 11) is 0. The SMILES string of the molecule is C1=C(CCNc2nncc3ccccc23)CCNC1. The van der Waals surface area contributed by atoms with Gasteiger partial charge in [0.15, 0.2) is 5.82 Å². The number of anilines is 1. The van der Waals surface area contributed by atoms with E-state index in [1.807, 2.05) is 12.1 Å². The summed E-state index contributed by atoms with van der Waals surface area (Å²) in [4.78, 5) is 0. The molecule has 0 saturated heterocycles. The van der Waals surface area contributed by atoms with Crippen LogP contribution in [0, 0.1) is 0 Å². The second-order valence-electron chi connectivity index (χ2n) is 4.77. The standard InChI is InChI=1S/C15H18N4/c1-2-4-14-13(3-1)11-18-19-15(14)17-10-7-12-5-8-16-9-6-12/h1-5,11,16H,6-10H2,(H,17,19). The third-order valence-corrected chi connectivity index (χ3v) is 3.47. The van der Waals surface area contributed by atoms with Crippen LogP contribution in [0.2, 0.25) is 0 Å². The Bertz CT molecular complexity index is 586. The number of nitrogens with one attached hydrogen (secondary N) is 2. The summed E-state index contributed by atoms with van der Waals surface area (Å²) in [6, 6.07) is 8.19. The lowest BCUT2D eigenvalue weighted by Crippen LogP contribution is -2.21. The molecule has 19 heavy (non-hydrogen) atoms. The second kappa shape index (κ2) is 5.80. The number of benzene rings is 1. The van der Waals surface area contributed by atoms with Gasteiger partial charge in [0.05, 0.1) is 6.20 Å². The van der Waals surface area contributed by atoms with Crippen LogP contribution in [-0.2, 0) is 0 Å². The van der Waals surface area contributed by atoms with Gasteiger partial charge in [0.25, 0.3) is 0 Å². The summed E-state index contributed by atoms with van der Waals surface area (Å²) < 4.78 is 0. The molecule has 2 heterocycles. The van der Waals surface area contributed by atoms with E-state index in [0.29, 0.717) is 0 Å². The summed E-state index contributed by atoms with van der Waals surface area (Å²) in [5.74, 6) is 0.882. The highest BCUT2D eigenvalue weighted by atomic mass is 15.2. The number of aromatic nitrogens is 2. The predicted molar refractivity (Wildman–Crippen MR) is 78.2 cm³/mol. The molecule has 0 saturated carbocycles. The molecule has 0 radical (unpaired) electrons. The molecule has 0 fully saturated rings. The molecule has 1 aliphatic rings. The molecule has 3 rings (SSSR count). The fourth-order valence-corrected chi connectivity index (χ4v) is 2.40. The van der Waals surface area contributed by atoms with E-state index >= 15 is 0 Å². The number of nitrogens with zero attached hydrogens (tertiary/aromatic N) is 2. The van der Waals surface area contributed by atoms with Crippen LogP contribution >= 0.6 is 0 Å². The Hall–Kier alpha value is -1.94. The summed E-state index contributed by atoms with van der Waals surface area (Å²) in [6.07, 6.45) is 6.32. The molecular weight excluding hydrogens is 236 g/mol. The average molecular weight is 254 g/mol. The third kappa shape index (κ3) is 2.90. The number of hydrogen-bond acceptors (Lipinski definition) is 4. The molecule has 0 atom stereocenters. The summed E-state index contributed by atoms with van der Waals surface area (Å²) in [5, 5.41) is 17.2. The molecule has 0 bridgehead atoms. The zero-order valence-electron chi connectivity index (χ0n) is 10.9. The van der Waals surface area contributed by atoms with Gasteiger partial charge in [-0.3, -0.25) is 0 Å². The van der Waals surface area contributed by atoms with Crippen molar-refractivity contribution in [3.63, 3.8) is 0 Å². The van der Waals surface area contributed by atoms with Crippen molar-refractivity contribution in [3.8, 4) is 0 Å². The van der Waals surface area contributed by atoms with E-state index in [1.54, 1.807) is 6.20 Å². The molecule has 2 N–H and O–H groups in total. The Balaban J connectivity index is 1.66. The minimum atomic E-state index is 0.882. The molecule has 4 nitrogen and oxygen atoms in total. The number of rotatable bonds is 4. The van der Waals surface area contributed by atoms with Gasteiger partial charge < -0.3 is 10.6 Å². The van der Waals surface area contributed by atoms with Gasteiger partial charge in [-0.1, -0.05) is 35.9 Å². The molecule has 0 unspecified atom stereocenters. The summed E-state index contributed by atoms with van der Waals surface area (Å²) in [5.41, 5.74) is 1.53. The normalized spacial score (nSPS) is 15.3. The molecule has 1 aromatic heterocycles. The number of fused-ring (bicyclic) bond motifs is 1. The van der Waals surface area contributed by atoms with E-state index < -0.39 is 0 Å². The van der Waals surface area contributed by atoms with Gasteiger partial charge in [0.1, 0.15) is 0 Å². The van der Waals surface area contributed by atoms with Crippen LogP contribution in [0.3, 0.4) is 0 Å². The van der Waals surface area contributed by atoms with Gasteiger partial charge in [-0.15, -0.1) is 5.10 Å². The van der Waals surface area contributed by atoms with E-state index in [4.69, 9.17) is 0 Å². The number of hydrogen-bond donors (Lipinski definition) is 2. The van der Waals surface area contributed by atoms with E-state index in [-0.39, 0.29) is 0 Å². The van der Waals surface area contributed by atoms with Crippen molar-refractivity contribution in [2.45, 2.75) is 12.8 Å². The van der Waals surface area contributed by atoms with E-state index in [2.05, 4.69) is 39.0 Å². The molecule has 0 aliphatic carbocycles. The van der Waals surface area contributed by atoms with Gasteiger partial charge in [0, 0.05) is 23.9 Å². The molecule has 0 amide bonds. The zero-order valence-corrected chi connectivity index (χ0v) is 10.9. The van der Waals surface area contributed by atoms with Crippen molar-refractivity contribution >= 4 is 16.6 Å². The molecule has 4 heteroatoms. The van der Waals surface area contributed by atoms with E-state index in [0.717, 1.165) is 49.1 Å². The first-order chi connectivity index (χ1) is 9.43. The lowest BCUT2D eigenvalue weighted by molar-refractivity contribution is 0.683. The minimum Gasteiger partial charge on any atom is -0.368 e. The monoisotopic (exact) mass is 254 g/mol. The fourth-order valence-electron chi connectivity index (χ4n) is 2.40. The van der Waals surface area contributed by atoms with Crippen molar-refractivity contribution in [3.05, 3.63) is 42.1 Å². The van der Waals surface area contributed by atoms with Gasteiger partial charge in [-0.2, -0.15) is 5.10 Å². The first-order valence-electron chi connectivity index (χ1n) is 6.76. The van der Waals surface area contributed by atoms with Crippen molar-refractivity contribution in [2.24, 2.45) is 0 Å². The fraction of sp³-hybridized carbons (Fsp3) is 0.333. The largest absolute Gasteiger partial charge is 0.368 e. The topological polar surface area (TPSA) is 49.8 Å². The second-order valence-corrected chi connectivity index (χ2v) is 4.77. The Kier molecular flexibility index (Phi) is 3.70. The van der Waals surface area contributed by atoms with Crippen molar-refractivity contribution in [1.29, 1.82) is 0 Å². The van der Waals surface area contributed by atoms with E-state index in [1.165, 1.54) is 5.57 Å². The highest BCUT2D eigenvalue weighted by Crippen LogP contribution is 2.19. The Labute approximate surface area is 112 Å². The highest BCUT2D eigenvalue weighted by Gasteiger charge is 2.04. The Morgan fingerprint density at radius 2 is 2.21 bits per heavy atom. The van der Waals surface area contributed by atoms with Crippen LogP contribution in [0.15, 0.2) is 42.1 Å². The zero-order chi connectivity index (χ0) is 12.9. The molecule has 2 aromatic rings. The van der Waals surface area contributed by atoms with Crippen LogP contribution in [0.1, 0.15) is 12.8 Å². The lowest BCUT2D eigenvalue weighted by atomic mass is 10.1. The minimum absolute atomic E-state index is 0.882. The van der Waals surface area contributed by atoms with Gasteiger partial charge in [-0.25, -0.2) is 0 Å². The van der Waals surface area contributed by atoms with Crippen molar-refractivity contribution in [2.75, 3.05) is 25.0 Å². The maximum absolute atomic E-state index is 4.20. The Morgan fingerprint density at radius 1 is 1.26 bits per heavy atom. The quantitative estimate of drug-likeness (QED) is 0.822. The highest BCUT2D eigenvalue weighted by molar-refractivity contribution is 5.90. The molecule has 1 aromatic carbocycles. The summed E-state index contributed by atoms with van der Waals surface area (Å²) >= 11 is 0. The molecule has 0 spiro atoms. The molecule has 1 aliphatic heterocycles. The molecule has 98 valence electrons. The lowest BCUT2D eigenvalue weighted by Gasteiger charge is -2.14. The van der Waals surface area contributed by atoms with Crippen LogP contribution in [0.5, 0.6) is 0 Å². The Morgan fingerprint density at radius 3 is 3.11 bits per heavy atom. The third-order valence-electron chi connectivity index (χ3n) is 3.47. The first kappa shape index (κ1) is 12.1. The summed E-state index contributed by atoms with van der Waals surface area (Å²) in [6.45, 7) is 3.01. The predicted octanol–water partition coefficient (Wildman–Crippen LogP) is 2.35. The van der Waals surface area contributed by atoms with Gasteiger partial charge >= 0.3 is 0 Å². The van der Waals surface area contributed by atoms with Gasteiger partial charge in [0.2, 0.25) is 0 Å². The van der Waals surface area contributed by atoms with Gasteiger partial charge in [-0.05, 0) is 19.4 Å². The van der Waals surface area contributed by atoms with Crippen LogP contribution in [0.25, 0.3) is 10.8 Å². The van der Waals surface area contributed by atoms with Crippen LogP contribution in [0.4, 0.5) is 5.82 Å².